The maximum absolute atomic E-state index is 12.0. The van der Waals surface area contributed by atoms with Crippen molar-refractivity contribution in [3.05, 3.63) is 60.2 Å². The van der Waals surface area contributed by atoms with Gasteiger partial charge in [-0.2, -0.15) is 0 Å². The van der Waals surface area contributed by atoms with Gasteiger partial charge in [-0.05, 0) is 121 Å². The number of carboxylic acids is 1. The van der Waals surface area contributed by atoms with E-state index in [0.29, 0.717) is 36.0 Å². The molecule has 4 nitrogen and oxygen atoms in total. The second-order valence-corrected chi connectivity index (χ2v) is 14.6. The van der Waals surface area contributed by atoms with Crippen molar-refractivity contribution in [1.29, 1.82) is 0 Å². The lowest BCUT2D eigenvalue weighted by atomic mass is 9.42. The molecule has 0 saturated heterocycles. The summed E-state index contributed by atoms with van der Waals surface area (Å²) in [6.07, 6.45) is 8.66. The number of aliphatic hydroxyl groups excluding tert-OH is 1. The molecule has 4 fully saturated rings. The Hall–Kier alpha value is -2.17. The Morgan fingerprint density at radius 2 is 1.55 bits per heavy atom. The average molecular weight is 545 g/mol. The first-order chi connectivity index (χ1) is 19.0. The van der Waals surface area contributed by atoms with Crippen LogP contribution in [0.4, 0.5) is 0 Å². The Morgan fingerprint density at radius 1 is 0.875 bits per heavy atom. The Bertz CT molecular complexity index is 1210. The largest absolute Gasteiger partial charge is 0.481 e. The number of carbonyl (C=O) groups is 1. The summed E-state index contributed by atoms with van der Waals surface area (Å²) in [5, 5.41) is 33.0. The summed E-state index contributed by atoms with van der Waals surface area (Å²) in [6.45, 7) is 7.19. The molecule has 4 heteroatoms. The van der Waals surface area contributed by atoms with Gasteiger partial charge in [0.1, 0.15) is 0 Å². The SMILES string of the molecule is C[C@H](CCC(=O)O)[C@H]1CC[C@H]2[C@@H]3C[C@H](O)[C@@H]4C[C@](O)(c5ccc(-c6ccccc6)cc5)CC[C@]4(C)[C@H]3CC[C@]12C. The molecular formula is C36H48O4. The zero-order valence-corrected chi connectivity index (χ0v) is 24.6. The van der Waals surface area contributed by atoms with Crippen LogP contribution in [-0.4, -0.2) is 27.4 Å². The fourth-order valence-corrected chi connectivity index (χ4v) is 10.7. The van der Waals surface area contributed by atoms with Gasteiger partial charge in [-0.1, -0.05) is 75.4 Å². The van der Waals surface area contributed by atoms with Crippen LogP contribution in [0, 0.1) is 46.3 Å². The van der Waals surface area contributed by atoms with Crippen molar-refractivity contribution in [2.45, 2.75) is 96.7 Å². The lowest BCUT2D eigenvalue weighted by Crippen LogP contribution is -2.59. The molecule has 2 aromatic carbocycles. The molecule has 0 radical (unpaired) electrons. The van der Waals surface area contributed by atoms with E-state index < -0.39 is 11.6 Å². The van der Waals surface area contributed by atoms with E-state index in [1.165, 1.54) is 31.2 Å². The predicted molar refractivity (Wildman–Crippen MR) is 158 cm³/mol. The third kappa shape index (κ3) is 4.54. The molecule has 3 N–H and O–H groups in total. The first-order valence-corrected chi connectivity index (χ1v) is 15.8. The van der Waals surface area contributed by atoms with E-state index in [1.54, 1.807) is 0 Å². The van der Waals surface area contributed by atoms with E-state index >= 15 is 0 Å². The molecular weight excluding hydrogens is 496 g/mol. The molecule has 10 atom stereocenters. The molecule has 0 bridgehead atoms. The maximum atomic E-state index is 12.0. The van der Waals surface area contributed by atoms with E-state index in [9.17, 15) is 20.1 Å². The van der Waals surface area contributed by atoms with Crippen LogP contribution in [0.25, 0.3) is 11.1 Å². The molecule has 4 saturated carbocycles. The van der Waals surface area contributed by atoms with Crippen molar-refractivity contribution in [3.63, 3.8) is 0 Å². The number of hydrogen-bond acceptors (Lipinski definition) is 3. The summed E-state index contributed by atoms with van der Waals surface area (Å²) in [5.74, 6) is 2.17. The highest BCUT2D eigenvalue weighted by Crippen LogP contribution is 2.69. The molecule has 216 valence electrons. The summed E-state index contributed by atoms with van der Waals surface area (Å²) >= 11 is 0. The number of rotatable bonds is 6. The first kappa shape index (κ1) is 28.0. The summed E-state index contributed by atoms with van der Waals surface area (Å²) in [4.78, 5) is 11.2. The van der Waals surface area contributed by atoms with Crippen LogP contribution >= 0.6 is 0 Å². The maximum Gasteiger partial charge on any atom is 0.303 e. The summed E-state index contributed by atoms with van der Waals surface area (Å²) < 4.78 is 0. The molecule has 0 unspecified atom stereocenters. The molecule has 0 amide bonds. The van der Waals surface area contributed by atoms with Crippen LogP contribution in [0.5, 0.6) is 0 Å². The lowest BCUT2D eigenvalue weighted by Gasteiger charge is -2.63. The average Bonchev–Trinajstić information content (AvgIpc) is 3.31. The van der Waals surface area contributed by atoms with Gasteiger partial charge in [0.2, 0.25) is 0 Å². The number of hydrogen-bond donors (Lipinski definition) is 3. The van der Waals surface area contributed by atoms with Crippen molar-refractivity contribution in [2.75, 3.05) is 0 Å². The van der Waals surface area contributed by atoms with Gasteiger partial charge in [-0.25, -0.2) is 0 Å². The van der Waals surface area contributed by atoms with E-state index in [4.69, 9.17) is 0 Å². The van der Waals surface area contributed by atoms with Crippen LogP contribution in [0.2, 0.25) is 0 Å². The fourth-order valence-electron chi connectivity index (χ4n) is 10.7. The first-order valence-electron chi connectivity index (χ1n) is 15.8. The number of benzene rings is 2. The molecule has 0 aliphatic heterocycles. The van der Waals surface area contributed by atoms with E-state index in [-0.39, 0.29) is 29.3 Å². The third-order valence-corrected chi connectivity index (χ3v) is 12.8. The van der Waals surface area contributed by atoms with Crippen LogP contribution in [0.15, 0.2) is 54.6 Å². The molecule has 40 heavy (non-hydrogen) atoms. The Morgan fingerprint density at radius 3 is 2.25 bits per heavy atom. The molecule has 0 aromatic heterocycles. The van der Waals surface area contributed by atoms with Gasteiger partial charge < -0.3 is 15.3 Å². The minimum absolute atomic E-state index is 0.0485. The van der Waals surface area contributed by atoms with Gasteiger partial charge in [0.15, 0.2) is 0 Å². The van der Waals surface area contributed by atoms with Crippen LogP contribution in [0.1, 0.15) is 90.5 Å². The monoisotopic (exact) mass is 544 g/mol. The van der Waals surface area contributed by atoms with Crippen LogP contribution in [-0.2, 0) is 10.4 Å². The second-order valence-electron chi connectivity index (χ2n) is 14.6. The van der Waals surface area contributed by atoms with Crippen LogP contribution in [0.3, 0.4) is 0 Å². The van der Waals surface area contributed by atoms with Crippen molar-refractivity contribution < 1.29 is 20.1 Å². The highest BCUT2D eigenvalue weighted by molar-refractivity contribution is 5.66. The Labute approximate surface area is 240 Å². The molecule has 0 spiro atoms. The Kier molecular flexibility index (Phi) is 7.19. The zero-order chi connectivity index (χ0) is 28.3. The number of fused-ring (bicyclic) bond motifs is 5. The van der Waals surface area contributed by atoms with Gasteiger partial charge in [0.05, 0.1) is 11.7 Å². The quantitative estimate of drug-likeness (QED) is 0.349. The molecule has 0 heterocycles. The lowest BCUT2D eigenvalue weighted by molar-refractivity contribution is -0.192. The summed E-state index contributed by atoms with van der Waals surface area (Å²) in [7, 11) is 0. The number of aliphatic carboxylic acids is 1. The van der Waals surface area contributed by atoms with E-state index in [2.05, 4.69) is 69.3 Å². The standard InChI is InChI=1S/C36H48O4/c1-23(9-16-33(38)39)28-14-15-29-27-21-32(37)31-22-36(40,20-19-35(31,3)30(27)17-18-34(28,29)2)26-12-10-25(11-13-26)24-7-5-4-6-8-24/h4-8,10-13,23,27-32,37,40H,9,14-22H2,1-3H3,(H,38,39)/t23-,27+,28-,29+,30+,31+,32+,34-,35-,36+/m1/s1. The predicted octanol–water partition coefficient (Wildman–Crippen LogP) is 7.67. The van der Waals surface area contributed by atoms with Gasteiger partial charge in [0, 0.05) is 6.42 Å². The van der Waals surface area contributed by atoms with Crippen molar-refractivity contribution >= 4 is 5.97 Å². The normalized spacial score (nSPS) is 41.4. The Balaban J connectivity index is 1.20. The van der Waals surface area contributed by atoms with Crippen molar-refractivity contribution in [3.8, 4) is 11.1 Å². The van der Waals surface area contributed by atoms with Crippen LogP contribution < -0.4 is 0 Å². The van der Waals surface area contributed by atoms with Gasteiger partial charge in [0.25, 0.3) is 0 Å². The zero-order valence-electron chi connectivity index (χ0n) is 24.6. The molecule has 4 aliphatic rings. The third-order valence-electron chi connectivity index (χ3n) is 12.8. The molecule has 2 aromatic rings. The smallest absolute Gasteiger partial charge is 0.303 e. The molecule has 6 rings (SSSR count). The topological polar surface area (TPSA) is 77.8 Å². The van der Waals surface area contributed by atoms with Gasteiger partial charge >= 0.3 is 5.97 Å². The van der Waals surface area contributed by atoms with Crippen molar-refractivity contribution in [1.82, 2.24) is 0 Å². The highest BCUT2D eigenvalue weighted by atomic mass is 16.4. The summed E-state index contributed by atoms with van der Waals surface area (Å²) in [6, 6.07) is 18.8. The fraction of sp³-hybridized carbons (Fsp3) is 0.639. The van der Waals surface area contributed by atoms with E-state index in [0.717, 1.165) is 36.8 Å². The van der Waals surface area contributed by atoms with Crippen molar-refractivity contribution in [2.24, 2.45) is 46.3 Å². The second kappa shape index (κ2) is 10.3. The number of carboxylic acid groups (broad SMARTS) is 1. The van der Waals surface area contributed by atoms with Gasteiger partial charge in [-0.3, -0.25) is 4.79 Å². The molecule has 4 aliphatic carbocycles. The summed E-state index contributed by atoms with van der Waals surface area (Å²) in [5.41, 5.74) is 2.72. The number of aliphatic hydroxyl groups is 2. The highest BCUT2D eigenvalue weighted by Gasteiger charge is 2.63. The van der Waals surface area contributed by atoms with Gasteiger partial charge in [-0.15, -0.1) is 0 Å². The minimum atomic E-state index is -0.894. The minimum Gasteiger partial charge on any atom is -0.481 e. The van der Waals surface area contributed by atoms with E-state index in [1.807, 2.05) is 6.07 Å².